The molecule has 4 rings (SSSR count). The monoisotopic (exact) mass is 390 g/mol. The lowest BCUT2D eigenvalue weighted by Crippen LogP contribution is -2.30. The molecule has 0 radical (unpaired) electrons. The van der Waals surface area contributed by atoms with Gasteiger partial charge in [0.25, 0.3) is 5.91 Å². The van der Waals surface area contributed by atoms with E-state index in [1.807, 2.05) is 0 Å². The van der Waals surface area contributed by atoms with Crippen molar-refractivity contribution in [1.29, 1.82) is 0 Å². The van der Waals surface area contributed by atoms with Crippen molar-refractivity contribution in [2.24, 2.45) is 0 Å². The summed E-state index contributed by atoms with van der Waals surface area (Å²) in [4.78, 5) is 15.0. The maximum atomic E-state index is 13.8. The molecular weight excluding hydrogens is 371 g/mol. The number of halogens is 2. The van der Waals surface area contributed by atoms with Crippen LogP contribution in [0, 0.1) is 5.82 Å². The zero-order chi connectivity index (χ0) is 18.8. The summed E-state index contributed by atoms with van der Waals surface area (Å²) < 4.78 is 24.8. The summed E-state index contributed by atoms with van der Waals surface area (Å²) in [5, 5.41) is 3.14. The molecule has 2 aliphatic rings. The molecule has 0 atom stereocenters. The van der Waals surface area contributed by atoms with Crippen molar-refractivity contribution in [3.05, 3.63) is 46.7 Å². The van der Waals surface area contributed by atoms with Gasteiger partial charge >= 0.3 is 0 Å². The fraction of sp³-hybridized carbons (Fsp3) is 0.350. The molecule has 1 saturated heterocycles. The number of carbonyl (C=O) groups excluding carboxylic acids is 1. The van der Waals surface area contributed by atoms with Crippen molar-refractivity contribution < 1.29 is 18.7 Å². The second-order valence-corrected chi connectivity index (χ2v) is 7.05. The molecule has 2 aliphatic heterocycles. The van der Waals surface area contributed by atoms with E-state index in [2.05, 4.69) is 10.2 Å². The Balaban J connectivity index is 1.61. The number of anilines is 2. The van der Waals surface area contributed by atoms with Crippen molar-refractivity contribution in [1.82, 2.24) is 0 Å². The van der Waals surface area contributed by atoms with Crippen molar-refractivity contribution in [3.8, 4) is 11.5 Å². The number of nitrogens with zero attached hydrogens (tertiary/aromatic N) is 1. The van der Waals surface area contributed by atoms with Gasteiger partial charge < -0.3 is 19.7 Å². The van der Waals surface area contributed by atoms with E-state index >= 15 is 0 Å². The number of nitrogens with one attached hydrogen (secondary N) is 1. The molecule has 27 heavy (non-hydrogen) atoms. The first-order valence-electron chi connectivity index (χ1n) is 9.07. The molecule has 5 nitrogen and oxygen atoms in total. The zero-order valence-corrected chi connectivity index (χ0v) is 15.5. The molecule has 2 aromatic rings. The fourth-order valence-corrected chi connectivity index (χ4v) is 3.72. The first kappa shape index (κ1) is 17.9. The second-order valence-electron chi connectivity index (χ2n) is 6.65. The van der Waals surface area contributed by atoms with Crippen LogP contribution in [-0.4, -0.2) is 32.2 Å². The number of carbonyl (C=O) groups is 1. The molecule has 2 heterocycles. The Morgan fingerprint density at radius 3 is 2.67 bits per heavy atom. The minimum atomic E-state index is -0.397. The average Bonchev–Trinajstić information content (AvgIpc) is 2.69. The van der Waals surface area contributed by atoms with E-state index in [0.29, 0.717) is 41.0 Å². The third-order valence-corrected chi connectivity index (χ3v) is 5.04. The van der Waals surface area contributed by atoms with Gasteiger partial charge in [0, 0.05) is 18.7 Å². The Morgan fingerprint density at radius 1 is 1.07 bits per heavy atom. The van der Waals surface area contributed by atoms with E-state index in [1.165, 1.54) is 24.6 Å². The number of hydrogen-bond acceptors (Lipinski definition) is 4. The molecule has 0 saturated carbocycles. The van der Waals surface area contributed by atoms with Gasteiger partial charge in [-0.2, -0.15) is 0 Å². The predicted molar refractivity (Wildman–Crippen MR) is 103 cm³/mol. The van der Waals surface area contributed by atoms with Crippen molar-refractivity contribution in [2.75, 3.05) is 36.5 Å². The SMILES string of the molecule is O=C(Nc1cc(F)ccc1N1CCCCC1)c1cc(Cl)c2c(c1)OCCO2. The Labute approximate surface area is 162 Å². The maximum absolute atomic E-state index is 13.8. The van der Waals surface area contributed by atoms with Crippen molar-refractivity contribution in [3.63, 3.8) is 0 Å². The third kappa shape index (κ3) is 3.81. The van der Waals surface area contributed by atoms with Gasteiger partial charge in [-0.25, -0.2) is 4.39 Å². The minimum absolute atomic E-state index is 0.313. The van der Waals surface area contributed by atoms with E-state index < -0.39 is 5.82 Å². The lowest BCUT2D eigenvalue weighted by Gasteiger charge is -2.30. The zero-order valence-electron chi connectivity index (χ0n) is 14.8. The second kappa shape index (κ2) is 7.64. The summed E-state index contributed by atoms with van der Waals surface area (Å²) in [5.41, 5.74) is 1.61. The van der Waals surface area contributed by atoms with Crippen LogP contribution in [0.4, 0.5) is 15.8 Å². The molecule has 0 unspecified atom stereocenters. The third-order valence-electron chi connectivity index (χ3n) is 4.76. The van der Waals surface area contributed by atoms with Gasteiger partial charge in [-0.3, -0.25) is 4.79 Å². The van der Waals surface area contributed by atoms with Gasteiger partial charge in [0.1, 0.15) is 19.0 Å². The summed E-state index contributed by atoms with van der Waals surface area (Å²) in [5.74, 6) is 0.109. The van der Waals surface area contributed by atoms with Crippen LogP contribution >= 0.6 is 11.6 Å². The lowest BCUT2D eigenvalue weighted by atomic mass is 10.1. The highest BCUT2D eigenvalue weighted by Crippen LogP contribution is 2.38. The molecule has 0 aliphatic carbocycles. The van der Waals surface area contributed by atoms with Gasteiger partial charge in [-0.05, 0) is 49.6 Å². The molecule has 7 heteroatoms. The van der Waals surface area contributed by atoms with Crippen LogP contribution in [0.1, 0.15) is 29.6 Å². The van der Waals surface area contributed by atoms with Crippen LogP contribution in [0.2, 0.25) is 5.02 Å². The van der Waals surface area contributed by atoms with E-state index in [-0.39, 0.29) is 5.91 Å². The number of ether oxygens (including phenoxy) is 2. The smallest absolute Gasteiger partial charge is 0.255 e. The molecule has 0 aromatic heterocycles. The van der Waals surface area contributed by atoms with Crippen LogP contribution in [0.15, 0.2) is 30.3 Å². The Hall–Kier alpha value is -2.47. The lowest BCUT2D eigenvalue weighted by molar-refractivity contribution is 0.102. The number of rotatable bonds is 3. The van der Waals surface area contributed by atoms with E-state index in [4.69, 9.17) is 21.1 Å². The van der Waals surface area contributed by atoms with Gasteiger partial charge in [-0.1, -0.05) is 11.6 Å². The summed E-state index contributed by atoms with van der Waals surface area (Å²) in [6.07, 6.45) is 3.36. The van der Waals surface area contributed by atoms with Gasteiger partial charge in [0.05, 0.1) is 16.4 Å². The highest BCUT2D eigenvalue weighted by Gasteiger charge is 2.21. The first-order chi connectivity index (χ1) is 13.1. The Kier molecular flexibility index (Phi) is 5.07. The topological polar surface area (TPSA) is 50.8 Å². The van der Waals surface area contributed by atoms with E-state index in [1.54, 1.807) is 12.1 Å². The summed E-state index contributed by atoms with van der Waals surface area (Å²) in [7, 11) is 0. The van der Waals surface area contributed by atoms with Crippen LogP contribution in [0.25, 0.3) is 0 Å². The number of amides is 1. The Morgan fingerprint density at radius 2 is 1.85 bits per heavy atom. The van der Waals surface area contributed by atoms with Crippen LogP contribution in [-0.2, 0) is 0 Å². The van der Waals surface area contributed by atoms with Gasteiger partial charge in [0.2, 0.25) is 0 Å². The minimum Gasteiger partial charge on any atom is -0.486 e. The van der Waals surface area contributed by atoms with Crippen LogP contribution in [0.5, 0.6) is 11.5 Å². The molecular formula is C20H20ClFN2O3. The highest BCUT2D eigenvalue weighted by atomic mass is 35.5. The number of hydrogen-bond donors (Lipinski definition) is 1. The number of fused-ring (bicyclic) bond motifs is 1. The molecule has 1 amide bonds. The highest BCUT2D eigenvalue weighted by molar-refractivity contribution is 6.32. The average molecular weight is 391 g/mol. The summed E-state index contributed by atoms with van der Waals surface area (Å²) >= 11 is 6.22. The van der Waals surface area contributed by atoms with Crippen molar-refractivity contribution >= 4 is 28.9 Å². The van der Waals surface area contributed by atoms with Crippen LogP contribution in [0.3, 0.4) is 0 Å². The molecule has 2 aromatic carbocycles. The fourth-order valence-electron chi connectivity index (χ4n) is 3.46. The molecule has 1 fully saturated rings. The molecule has 0 spiro atoms. The summed E-state index contributed by atoms with van der Waals surface area (Å²) in [6, 6.07) is 7.61. The van der Waals surface area contributed by atoms with E-state index in [9.17, 15) is 9.18 Å². The molecule has 1 N–H and O–H groups in total. The quantitative estimate of drug-likeness (QED) is 0.838. The van der Waals surface area contributed by atoms with Crippen molar-refractivity contribution in [2.45, 2.75) is 19.3 Å². The maximum Gasteiger partial charge on any atom is 0.255 e. The van der Waals surface area contributed by atoms with E-state index in [0.717, 1.165) is 31.6 Å². The number of benzene rings is 2. The molecule has 142 valence electrons. The summed E-state index contributed by atoms with van der Waals surface area (Å²) in [6.45, 7) is 2.60. The Bertz CT molecular complexity index is 869. The molecule has 0 bridgehead atoms. The normalized spacial score (nSPS) is 16.1. The van der Waals surface area contributed by atoms with Crippen LogP contribution < -0.4 is 19.7 Å². The largest absolute Gasteiger partial charge is 0.486 e. The van der Waals surface area contributed by atoms with Gasteiger partial charge in [0.15, 0.2) is 11.5 Å². The standard InChI is InChI=1S/C20H20ClFN2O3/c21-15-10-13(11-18-19(15)27-9-8-26-18)20(25)23-16-12-14(22)4-5-17(16)24-6-2-1-3-7-24/h4-5,10-12H,1-3,6-9H2,(H,23,25). The predicted octanol–water partition coefficient (Wildman–Crippen LogP) is 4.49. The first-order valence-corrected chi connectivity index (χ1v) is 9.44. The number of piperidine rings is 1. The van der Waals surface area contributed by atoms with Gasteiger partial charge in [-0.15, -0.1) is 0 Å².